The van der Waals surface area contributed by atoms with E-state index >= 15 is 0 Å². The van der Waals surface area contributed by atoms with E-state index in [-0.39, 0.29) is 11.2 Å². The number of benzene rings is 1. The molecule has 0 saturated carbocycles. The lowest BCUT2D eigenvalue weighted by Gasteiger charge is -2.35. The highest BCUT2D eigenvalue weighted by atomic mass is 32.2. The van der Waals surface area contributed by atoms with Gasteiger partial charge in [0.1, 0.15) is 12.7 Å². The Kier molecular flexibility index (Phi) is 6.09. The van der Waals surface area contributed by atoms with Crippen LogP contribution in [0.2, 0.25) is 0 Å². The van der Waals surface area contributed by atoms with Crippen molar-refractivity contribution in [2.75, 3.05) is 32.7 Å². The van der Waals surface area contributed by atoms with Gasteiger partial charge in [0.15, 0.2) is 0 Å². The number of thioether (sulfide) groups is 1. The summed E-state index contributed by atoms with van der Waals surface area (Å²) in [5.41, 5.74) is 1.24. The zero-order chi connectivity index (χ0) is 17.6. The molecule has 7 heteroatoms. The monoisotopic (exact) mass is 359 g/mol. The number of piperazine rings is 1. The lowest BCUT2D eigenvalue weighted by molar-refractivity contribution is -0.132. The first-order valence-electron chi connectivity index (χ1n) is 8.69. The van der Waals surface area contributed by atoms with Crippen molar-refractivity contribution >= 4 is 17.7 Å². The van der Waals surface area contributed by atoms with Crippen LogP contribution in [0.15, 0.2) is 41.8 Å². The van der Waals surface area contributed by atoms with E-state index in [1.165, 1.54) is 5.56 Å². The lowest BCUT2D eigenvalue weighted by Crippen LogP contribution is -2.51. The van der Waals surface area contributed by atoms with Gasteiger partial charge >= 0.3 is 0 Å². The molecule has 2 heterocycles. The number of hydrogen-bond acceptors (Lipinski definition) is 5. The molecule has 1 fully saturated rings. The summed E-state index contributed by atoms with van der Waals surface area (Å²) in [6.07, 6.45) is 3.30. The highest BCUT2D eigenvalue weighted by Crippen LogP contribution is 2.25. The highest BCUT2D eigenvalue weighted by Gasteiger charge is 2.25. The van der Waals surface area contributed by atoms with E-state index < -0.39 is 0 Å². The molecule has 0 radical (unpaired) electrons. The molecule has 1 unspecified atom stereocenters. The van der Waals surface area contributed by atoms with Crippen LogP contribution in [0.4, 0.5) is 0 Å². The van der Waals surface area contributed by atoms with Crippen LogP contribution >= 0.6 is 11.8 Å². The minimum absolute atomic E-state index is 0.0515. The fraction of sp³-hybridized carbons (Fsp3) is 0.500. The maximum atomic E-state index is 12.7. The Bertz CT molecular complexity index is 665. The number of carbonyl (C=O) groups excluding carboxylic acids is 1. The average Bonchev–Trinajstić information content (AvgIpc) is 3.15. The van der Waals surface area contributed by atoms with Crippen molar-refractivity contribution in [3.8, 4) is 0 Å². The second kappa shape index (κ2) is 8.49. The number of amides is 1. The molecule has 1 aliphatic rings. The van der Waals surface area contributed by atoms with E-state index in [2.05, 4.69) is 46.2 Å². The molecule has 0 bridgehead atoms. The van der Waals surface area contributed by atoms with Gasteiger partial charge in [0.25, 0.3) is 0 Å². The van der Waals surface area contributed by atoms with Gasteiger partial charge in [-0.05, 0) is 26.0 Å². The predicted octanol–water partition coefficient (Wildman–Crippen LogP) is 1.91. The second-order valence-corrected chi connectivity index (χ2v) is 7.81. The second-order valence-electron chi connectivity index (χ2n) is 6.40. The van der Waals surface area contributed by atoms with Crippen molar-refractivity contribution in [3.63, 3.8) is 0 Å². The number of nitrogens with zero attached hydrogens (tertiary/aromatic N) is 5. The van der Waals surface area contributed by atoms with Gasteiger partial charge in [-0.3, -0.25) is 14.4 Å². The highest BCUT2D eigenvalue weighted by molar-refractivity contribution is 8.00. The molecular formula is C18H25N5OS. The molecule has 134 valence electrons. The summed E-state index contributed by atoms with van der Waals surface area (Å²) in [4.78, 5) is 22.2. The van der Waals surface area contributed by atoms with Gasteiger partial charge in [-0.15, -0.1) is 11.8 Å². The van der Waals surface area contributed by atoms with Crippen molar-refractivity contribution in [2.45, 2.75) is 30.5 Å². The van der Waals surface area contributed by atoms with E-state index in [4.69, 9.17) is 0 Å². The maximum Gasteiger partial charge on any atom is 0.235 e. The molecule has 1 aliphatic heterocycles. The average molecular weight is 359 g/mol. The molecule has 1 amide bonds. The summed E-state index contributed by atoms with van der Waals surface area (Å²) in [7, 11) is 0. The molecule has 25 heavy (non-hydrogen) atoms. The molecule has 1 saturated heterocycles. The number of hydrogen-bond donors (Lipinski definition) is 0. The molecule has 3 rings (SSSR count). The number of carbonyl (C=O) groups is 1. The lowest BCUT2D eigenvalue weighted by atomic mass is 10.2. The van der Waals surface area contributed by atoms with Crippen molar-refractivity contribution in [1.29, 1.82) is 0 Å². The van der Waals surface area contributed by atoms with E-state index in [1.54, 1.807) is 24.4 Å². The SMILES string of the molecule is Cc1ccc(SC(C)C(=O)N2CCN(CCn3cncn3)CC2)cc1. The van der Waals surface area contributed by atoms with Gasteiger partial charge in [-0.25, -0.2) is 4.98 Å². The first-order chi connectivity index (χ1) is 12.1. The molecule has 1 atom stereocenters. The van der Waals surface area contributed by atoms with Gasteiger partial charge in [0.2, 0.25) is 5.91 Å². The number of rotatable bonds is 6. The van der Waals surface area contributed by atoms with Gasteiger partial charge < -0.3 is 4.90 Å². The van der Waals surface area contributed by atoms with Crippen LogP contribution in [0.1, 0.15) is 12.5 Å². The van der Waals surface area contributed by atoms with Gasteiger partial charge in [0, 0.05) is 37.6 Å². The Labute approximate surface area is 153 Å². The van der Waals surface area contributed by atoms with Crippen LogP contribution in [0.3, 0.4) is 0 Å². The standard InChI is InChI=1S/C18H25N5OS/c1-15-3-5-17(6-4-15)25-16(2)18(24)22-10-7-21(8-11-22)9-12-23-14-19-13-20-23/h3-6,13-14,16H,7-12H2,1-2H3. The normalized spacial score (nSPS) is 16.8. The van der Waals surface area contributed by atoms with Gasteiger partial charge in [-0.2, -0.15) is 5.10 Å². The quantitative estimate of drug-likeness (QED) is 0.738. The largest absolute Gasteiger partial charge is 0.339 e. The first kappa shape index (κ1) is 17.9. The van der Waals surface area contributed by atoms with Gasteiger partial charge in [-0.1, -0.05) is 17.7 Å². The van der Waals surface area contributed by atoms with Crippen LogP contribution in [0.25, 0.3) is 0 Å². The molecule has 1 aromatic carbocycles. The summed E-state index contributed by atoms with van der Waals surface area (Å²) in [6.45, 7) is 9.30. The third-order valence-electron chi connectivity index (χ3n) is 4.48. The zero-order valence-corrected chi connectivity index (χ0v) is 15.7. The van der Waals surface area contributed by atoms with Crippen molar-refractivity contribution < 1.29 is 4.79 Å². The molecule has 0 N–H and O–H groups in total. The minimum atomic E-state index is -0.0515. The van der Waals surface area contributed by atoms with Crippen LogP contribution in [-0.4, -0.2) is 68.4 Å². The molecular weight excluding hydrogens is 334 g/mol. The zero-order valence-electron chi connectivity index (χ0n) is 14.8. The molecule has 2 aromatic rings. The summed E-state index contributed by atoms with van der Waals surface area (Å²) in [5, 5.41) is 4.07. The van der Waals surface area contributed by atoms with Crippen molar-refractivity contribution in [3.05, 3.63) is 42.5 Å². The Morgan fingerprint density at radius 2 is 1.88 bits per heavy atom. The predicted molar refractivity (Wildman–Crippen MR) is 99.5 cm³/mol. The van der Waals surface area contributed by atoms with Crippen molar-refractivity contribution in [2.24, 2.45) is 0 Å². The van der Waals surface area contributed by atoms with Crippen LogP contribution in [0, 0.1) is 6.92 Å². The van der Waals surface area contributed by atoms with Crippen LogP contribution in [0.5, 0.6) is 0 Å². The Hall–Kier alpha value is -1.86. The summed E-state index contributed by atoms with van der Waals surface area (Å²) >= 11 is 1.64. The molecule has 6 nitrogen and oxygen atoms in total. The van der Waals surface area contributed by atoms with Crippen LogP contribution in [-0.2, 0) is 11.3 Å². The topological polar surface area (TPSA) is 54.3 Å². The Morgan fingerprint density at radius 3 is 2.52 bits per heavy atom. The molecule has 0 spiro atoms. The number of aromatic nitrogens is 3. The third-order valence-corrected chi connectivity index (χ3v) is 5.58. The van der Waals surface area contributed by atoms with E-state index in [0.29, 0.717) is 0 Å². The fourth-order valence-corrected chi connectivity index (χ4v) is 3.86. The first-order valence-corrected chi connectivity index (χ1v) is 9.56. The smallest absolute Gasteiger partial charge is 0.235 e. The van der Waals surface area contributed by atoms with Gasteiger partial charge in [0.05, 0.1) is 11.8 Å². The Balaban J connectivity index is 1.43. The fourth-order valence-electron chi connectivity index (χ4n) is 2.91. The maximum absolute atomic E-state index is 12.7. The van der Waals surface area contributed by atoms with E-state index in [0.717, 1.165) is 44.2 Å². The summed E-state index contributed by atoms with van der Waals surface area (Å²) < 4.78 is 1.85. The Morgan fingerprint density at radius 1 is 1.16 bits per heavy atom. The number of aryl methyl sites for hydroxylation is 1. The van der Waals surface area contributed by atoms with Crippen LogP contribution < -0.4 is 0 Å². The van der Waals surface area contributed by atoms with E-state index in [9.17, 15) is 4.79 Å². The molecule has 0 aliphatic carbocycles. The summed E-state index contributed by atoms with van der Waals surface area (Å²) in [6, 6.07) is 8.36. The third kappa shape index (κ3) is 5.06. The van der Waals surface area contributed by atoms with E-state index in [1.807, 2.05) is 16.5 Å². The molecule has 1 aromatic heterocycles. The van der Waals surface area contributed by atoms with Crippen molar-refractivity contribution in [1.82, 2.24) is 24.6 Å². The minimum Gasteiger partial charge on any atom is -0.339 e. The summed E-state index contributed by atoms with van der Waals surface area (Å²) in [5.74, 6) is 0.238.